The van der Waals surface area contributed by atoms with Crippen LogP contribution in [0.4, 0.5) is 4.79 Å². The first-order chi connectivity index (χ1) is 11.1. The van der Waals surface area contributed by atoms with Gasteiger partial charge in [0.05, 0.1) is 32.3 Å². The molecule has 1 saturated heterocycles. The van der Waals surface area contributed by atoms with E-state index in [9.17, 15) is 14.7 Å². The van der Waals surface area contributed by atoms with Crippen molar-refractivity contribution in [3.05, 3.63) is 35.9 Å². The minimum Gasteiger partial charge on any atom is -0.466 e. The number of ether oxygens (including phenoxy) is 2. The molecule has 0 bridgehead atoms. The van der Waals surface area contributed by atoms with E-state index in [1.54, 1.807) is 6.92 Å². The van der Waals surface area contributed by atoms with Crippen molar-refractivity contribution < 1.29 is 24.2 Å². The molecule has 1 amide bonds. The van der Waals surface area contributed by atoms with Crippen LogP contribution in [0.5, 0.6) is 0 Å². The number of carbonyl (C=O) groups is 2. The Hall–Kier alpha value is -2.08. The summed E-state index contributed by atoms with van der Waals surface area (Å²) in [4.78, 5) is 24.3. The maximum Gasteiger partial charge on any atom is 0.407 e. The van der Waals surface area contributed by atoms with E-state index >= 15 is 0 Å². The van der Waals surface area contributed by atoms with Gasteiger partial charge in [-0.05, 0) is 24.8 Å². The molecule has 0 radical (unpaired) electrons. The molecule has 1 unspecified atom stereocenters. The van der Waals surface area contributed by atoms with Crippen molar-refractivity contribution in [1.82, 2.24) is 4.90 Å². The predicted octanol–water partition coefficient (Wildman–Crippen LogP) is 2.52. The van der Waals surface area contributed by atoms with Gasteiger partial charge in [-0.25, -0.2) is 4.79 Å². The summed E-state index contributed by atoms with van der Waals surface area (Å²) in [6.07, 6.45) is -0.0862. The second kappa shape index (κ2) is 8.53. The number of hydrogen-bond acceptors (Lipinski definition) is 4. The van der Waals surface area contributed by atoms with Crippen molar-refractivity contribution >= 4 is 12.1 Å². The molecule has 0 spiro atoms. The van der Waals surface area contributed by atoms with Gasteiger partial charge < -0.3 is 19.5 Å². The van der Waals surface area contributed by atoms with Gasteiger partial charge >= 0.3 is 12.1 Å². The van der Waals surface area contributed by atoms with Gasteiger partial charge in [0.25, 0.3) is 0 Å². The summed E-state index contributed by atoms with van der Waals surface area (Å²) in [5, 5.41) is 9.31. The molecule has 1 fully saturated rings. The van der Waals surface area contributed by atoms with Crippen LogP contribution in [0, 0.1) is 5.92 Å². The number of nitrogens with zero attached hydrogens (tertiary/aromatic N) is 1. The van der Waals surface area contributed by atoms with Crippen molar-refractivity contribution in [2.45, 2.75) is 32.4 Å². The van der Waals surface area contributed by atoms with E-state index in [1.165, 1.54) is 4.90 Å². The van der Waals surface area contributed by atoms with Gasteiger partial charge in [0.1, 0.15) is 0 Å². The van der Waals surface area contributed by atoms with E-state index in [1.807, 2.05) is 30.3 Å². The summed E-state index contributed by atoms with van der Waals surface area (Å²) in [5.41, 5.74) is 1.05. The highest BCUT2D eigenvalue weighted by atomic mass is 16.5. The molecular formula is C17H23NO5. The summed E-state index contributed by atoms with van der Waals surface area (Å²) < 4.78 is 10.6. The molecule has 6 nitrogen and oxygen atoms in total. The highest BCUT2D eigenvalue weighted by Gasteiger charge is 2.36. The first-order valence-electron chi connectivity index (χ1n) is 7.87. The second-order valence-electron chi connectivity index (χ2n) is 5.70. The maximum atomic E-state index is 11.6. The third-order valence-corrected chi connectivity index (χ3v) is 3.93. The number of benzene rings is 1. The summed E-state index contributed by atoms with van der Waals surface area (Å²) in [5.74, 6) is -0.274. The highest BCUT2D eigenvalue weighted by Crippen LogP contribution is 2.26. The van der Waals surface area contributed by atoms with Crippen LogP contribution in [0.3, 0.4) is 0 Å². The Morgan fingerprint density at radius 3 is 2.70 bits per heavy atom. The van der Waals surface area contributed by atoms with E-state index in [0.717, 1.165) is 5.56 Å². The molecule has 1 aliphatic heterocycles. The number of carbonyl (C=O) groups excluding carboxylic acids is 1. The van der Waals surface area contributed by atoms with Crippen molar-refractivity contribution in [2.24, 2.45) is 5.92 Å². The van der Waals surface area contributed by atoms with Crippen molar-refractivity contribution in [2.75, 3.05) is 19.8 Å². The Labute approximate surface area is 136 Å². The quantitative estimate of drug-likeness (QED) is 0.781. The Kier molecular flexibility index (Phi) is 6.40. The summed E-state index contributed by atoms with van der Waals surface area (Å²) in [6.45, 7) is 3.25. The average molecular weight is 321 g/mol. The molecule has 2 rings (SSSR count). The smallest absolute Gasteiger partial charge is 0.407 e. The third kappa shape index (κ3) is 5.25. The van der Waals surface area contributed by atoms with E-state index in [2.05, 4.69) is 0 Å². The molecule has 6 heteroatoms. The lowest BCUT2D eigenvalue weighted by Gasteiger charge is -2.21. The normalized spacial score (nSPS) is 20.5. The van der Waals surface area contributed by atoms with Gasteiger partial charge in [0, 0.05) is 6.54 Å². The fourth-order valence-corrected chi connectivity index (χ4v) is 2.90. The van der Waals surface area contributed by atoms with E-state index < -0.39 is 6.09 Å². The molecule has 126 valence electrons. The molecular weight excluding hydrogens is 298 g/mol. The Morgan fingerprint density at radius 2 is 2.04 bits per heavy atom. The standard InChI is InChI=1S/C17H23NO5/c1-2-23-16(19)9-14-8-15(18(10-14)17(20)21)12-22-11-13-6-4-3-5-7-13/h3-7,14-15H,2,8-12H2,1H3,(H,20,21)/t14?,15-/m0/s1. The molecule has 1 heterocycles. The lowest BCUT2D eigenvalue weighted by Crippen LogP contribution is -2.37. The van der Waals surface area contributed by atoms with Crippen LogP contribution in [0.2, 0.25) is 0 Å². The first-order valence-corrected chi connectivity index (χ1v) is 7.87. The lowest BCUT2D eigenvalue weighted by molar-refractivity contribution is -0.144. The fraction of sp³-hybridized carbons (Fsp3) is 0.529. The average Bonchev–Trinajstić information content (AvgIpc) is 2.91. The minimum absolute atomic E-state index is 0.00419. The van der Waals surface area contributed by atoms with Crippen molar-refractivity contribution in [3.63, 3.8) is 0 Å². The van der Waals surface area contributed by atoms with Crippen LogP contribution in [0.15, 0.2) is 30.3 Å². The van der Waals surface area contributed by atoms with Crippen LogP contribution < -0.4 is 0 Å². The Balaban J connectivity index is 1.83. The maximum absolute atomic E-state index is 11.6. The zero-order chi connectivity index (χ0) is 16.7. The monoisotopic (exact) mass is 321 g/mol. The Bertz CT molecular complexity index is 519. The molecule has 0 saturated carbocycles. The van der Waals surface area contributed by atoms with Gasteiger partial charge in [-0.1, -0.05) is 30.3 Å². The molecule has 1 aliphatic rings. The van der Waals surface area contributed by atoms with Gasteiger partial charge in [-0.15, -0.1) is 0 Å². The van der Waals surface area contributed by atoms with Gasteiger partial charge in [-0.3, -0.25) is 4.79 Å². The van der Waals surface area contributed by atoms with Crippen molar-refractivity contribution in [3.8, 4) is 0 Å². The largest absolute Gasteiger partial charge is 0.466 e. The van der Waals surface area contributed by atoms with Gasteiger partial charge in [0.15, 0.2) is 0 Å². The third-order valence-electron chi connectivity index (χ3n) is 3.93. The molecule has 1 aromatic rings. The van der Waals surface area contributed by atoms with Gasteiger partial charge in [0.2, 0.25) is 0 Å². The lowest BCUT2D eigenvalue weighted by atomic mass is 10.0. The van der Waals surface area contributed by atoms with Crippen LogP contribution in [-0.4, -0.2) is 47.9 Å². The van der Waals surface area contributed by atoms with Crippen LogP contribution in [-0.2, 0) is 20.9 Å². The number of carboxylic acid groups (broad SMARTS) is 1. The topological polar surface area (TPSA) is 76.1 Å². The zero-order valence-electron chi connectivity index (χ0n) is 13.3. The zero-order valence-corrected chi connectivity index (χ0v) is 13.3. The second-order valence-corrected chi connectivity index (χ2v) is 5.70. The van der Waals surface area contributed by atoms with Gasteiger partial charge in [-0.2, -0.15) is 0 Å². The summed E-state index contributed by atoms with van der Waals surface area (Å²) in [6, 6.07) is 9.53. The van der Waals surface area contributed by atoms with E-state index in [-0.39, 0.29) is 24.3 Å². The molecule has 0 aliphatic carbocycles. The molecule has 1 aromatic carbocycles. The Morgan fingerprint density at radius 1 is 1.30 bits per heavy atom. The molecule has 1 N–H and O–H groups in total. The van der Waals surface area contributed by atoms with Crippen molar-refractivity contribution in [1.29, 1.82) is 0 Å². The van der Waals surface area contributed by atoms with E-state index in [4.69, 9.17) is 9.47 Å². The van der Waals surface area contributed by atoms with E-state index in [0.29, 0.717) is 32.8 Å². The van der Waals surface area contributed by atoms with Crippen LogP contribution in [0.25, 0.3) is 0 Å². The number of esters is 1. The molecule has 23 heavy (non-hydrogen) atoms. The summed E-state index contributed by atoms with van der Waals surface area (Å²) >= 11 is 0. The highest BCUT2D eigenvalue weighted by molar-refractivity contribution is 5.70. The van der Waals surface area contributed by atoms with Crippen LogP contribution >= 0.6 is 0 Å². The fourth-order valence-electron chi connectivity index (χ4n) is 2.90. The molecule has 2 atom stereocenters. The number of hydrogen-bond donors (Lipinski definition) is 1. The SMILES string of the molecule is CCOC(=O)CC1C[C@@H](COCc2ccccc2)N(C(=O)O)C1. The van der Waals surface area contributed by atoms with Crippen LogP contribution in [0.1, 0.15) is 25.3 Å². The number of rotatable bonds is 7. The molecule has 0 aromatic heterocycles. The first kappa shape index (κ1) is 17.3. The summed E-state index contributed by atoms with van der Waals surface area (Å²) in [7, 11) is 0. The minimum atomic E-state index is -0.968. The predicted molar refractivity (Wildman–Crippen MR) is 84.0 cm³/mol. The number of likely N-dealkylation sites (tertiary alicyclic amines) is 1. The number of amides is 1.